The van der Waals surface area contributed by atoms with Gasteiger partial charge < -0.3 is 20.5 Å². The molecule has 154 valence electrons. The molecule has 2 aromatic rings. The van der Waals surface area contributed by atoms with Crippen molar-refractivity contribution in [3.63, 3.8) is 0 Å². The van der Waals surface area contributed by atoms with Gasteiger partial charge >= 0.3 is 0 Å². The van der Waals surface area contributed by atoms with E-state index >= 15 is 0 Å². The molecule has 3 N–H and O–H groups in total. The van der Waals surface area contributed by atoms with E-state index in [1.165, 1.54) is 0 Å². The normalized spacial score (nSPS) is 22.1. The van der Waals surface area contributed by atoms with E-state index in [9.17, 15) is 4.79 Å². The van der Waals surface area contributed by atoms with Gasteiger partial charge in [0.25, 0.3) is 0 Å². The van der Waals surface area contributed by atoms with Crippen molar-refractivity contribution >= 4 is 36.4 Å². The Bertz CT molecular complexity index is 772. The van der Waals surface area contributed by atoms with Crippen molar-refractivity contribution < 1.29 is 14.3 Å². The zero-order chi connectivity index (χ0) is 18.8. The molecule has 0 radical (unpaired) electrons. The number of benzene rings is 1. The lowest BCUT2D eigenvalue weighted by atomic mass is 9.54. The van der Waals surface area contributed by atoms with Gasteiger partial charge in [0.2, 0.25) is 5.91 Å². The first-order valence-electron chi connectivity index (χ1n) is 8.76. The number of hydrogen-bond acceptors (Lipinski definition) is 5. The van der Waals surface area contributed by atoms with Crippen molar-refractivity contribution in [2.45, 2.75) is 38.8 Å². The number of nitrogens with one attached hydrogen (secondary N) is 1. The van der Waals surface area contributed by atoms with Crippen LogP contribution in [0.5, 0.6) is 11.5 Å². The van der Waals surface area contributed by atoms with Crippen LogP contribution in [0, 0.1) is 5.41 Å². The lowest BCUT2D eigenvalue weighted by Gasteiger charge is -2.57. The summed E-state index contributed by atoms with van der Waals surface area (Å²) in [4.78, 5) is 16.7. The van der Waals surface area contributed by atoms with Crippen LogP contribution in [-0.4, -0.2) is 29.1 Å². The van der Waals surface area contributed by atoms with Crippen LogP contribution >= 0.6 is 24.8 Å². The van der Waals surface area contributed by atoms with E-state index in [4.69, 9.17) is 15.2 Å². The Kier molecular flexibility index (Phi) is 8.26. The van der Waals surface area contributed by atoms with E-state index in [1.807, 2.05) is 20.8 Å². The number of amides is 1. The van der Waals surface area contributed by atoms with Crippen LogP contribution in [0.1, 0.15) is 27.2 Å². The zero-order valence-electron chi connectivity index (χ0n) is 16.2. The molecule has 1 aliphatic carbocycles. The minimum Gasteiger partial charge on any atom is -0.457 e. The van der Waals surface area contributed by atoms with Gasteiger partial charge in [-0.15, -0.1) is 24.8 Å². The van der Waals surface area contributed by atoms with Gasteiger partial charge in [0.15, 0.2) is 0 Å². The predicted molar refractivity (Wildman–Crippen MR) is 115 cm³/mol. The fraction of sp³-hybridized carbons (Fsp3) is 0.400. The van der Waals surface area contributed by atoms with Gasteiger partial charge in [-0.2, -0.15) is 0 Å². The molecule has 3 rings (SSSR count). The summed E-state index contributed by atoms with van der Waals surface area (Å²) >= 11 is 0. The Morgan fingerprint density at radius 1 is 1.14 bits per heavy atom. The summed E-state index contributed by atoms with van der Waals surface area (Å²) in [6.45, 7) is 6.51. The number of carbonyl (C=O) groups is 1. The quantitative estimate of drug-likeness (QED) is 0.721. The molecule has 0 saturated heterocycles. The Morgan fingerprint density at radius 3 is 2.25 bits per heavy atom. The van der Waals surface area contributed by atoms with Crippen LogP contribution in [-0.2, 0) is 9.53 Å². The molecule has 1 saturated carbocycles. The summed E-state index contributed by atoms with van der Waals surface area (Å²) < 4.78 is 11.4. The number of rotatable bonds is 6. The standard InChI is InChI=1S/C20H25N3O3.2ClH/c1-4-25-17-13-20(21,19(17,2)3)18(24)23-14-5-7-15(8-6-14)26-16-9-11-22-12-10-16;;/h5-12,17H,4,13,21H2,1-3H3,(H,23,24);2*1H. The maximum absolute atomic E-state index is 12.7. The maximum Gasteiger partial charge on any atom is 0.245 e. The van der Waals surface area contributed by atoms with Crippen LogP contribution in [0.25, 0.3) is 0 Å². The van der Waals surface area contributed by atoms with Gasteiger partial charge in [0, 0.05) is 36.5 Å². The highest BCUT2D eigenvalue weighted by Gasteiger charge is 2.62. The molecule has 1 heterocycles. The van der Waals surface area contributed by atoms with Crippen LogP contribution in [0.4, 0.5) is 5.69 Å². The lowest BCUT2D eigenvalue weighted by Crippen LogP contribution is -2.74. The fourth-order valence-electron chi connectivity index (χ4n) is 3.21. The molecule has 2 unspecified atom stereocenters. The second-order valence-corrected chi connectivity index (χ2v) is 7.10. The summed E-state index contributed by atoms with van der Waals surface area (Å²) in [5, 5.41) is 2.91. The minimum absolute atomic E-state index is 0. The highest BCUT2D eigenvalue weighted by molar-refractivity contribution is 5.99. The number of hydrogen-bond donors (Lipinski definition) is 2. The number of halogens is 2. The predicted octanol–water partition coefficient (Wildman–Crippen LogP) is 4.19. The van der Waals surface area contributed by atoms with Crippen molar-refractivity contribution in [3.8, 4) is 11.5 Å². The molecule has 0 bridgehead atoms. The second kappa shape index (κ2) is 9.56. The number of nitrogens with two attached hydrogens (primary N) is 1. The molecular weight excluding hydrogens is 401 g/mol. The Labute approximate surface area is 178 Å². The van der Waals surface area contributed by atoms with Crippen molar-refractivity contribution in [2.24, 2.45) is 11.1 Å². The number of anilines is 1. The van der Waals surface area contributed by atoms with E-state index in [0.717, 1.165) is 0 Å². The Hall–Kier alpha value is -1.86. The number of aromatic nitrogens is 1. The molecule has 1 aromatic carbocycles. The average molecular weight is 428 g/mol. The average Bonchev–Trinajstić information content (AvgIpc) is 2.64. The Balaban J connectivity index is 0.00000196. The second-order valence-electron chi connectivity index (χ2n) is 7.10. The first-order valence-corrected chi connectivity index (χ1v) is 8.76. The van der Waals surface area contributed by atoms with Crippen molar-refractivity contribution in [1.82, 2.24) is 4.98 Å². The molecule has 28 heavy (non-hydrogen) atoms. The van der Waals surface area contributed by atoms with Gasteiger partial charge in [0.05, 0.1) is 6.10 Å². The van der Waals surface area contributed by atoms with Crippen molar-refractivity contribution in [1.29, 1.82) is 0 Å². The summed E-state index contributed by atoms with van der Waals surface area (Å²) in [6.07, 6.45) is 3.85. The first-order chi connectivity index (χ1) is 12.4. The molecule has 2 atom stereocenters. The molecule has 0 aliphatic heterocycles. The van der Waals surface area contributed by atoms with Crippen molar-refractivity contribution in [2.75, 3.05) is 11.9 Å². The zero-order valence-corrected chi connectivity index (χ0v) is 17.8. The number of nitrogens with zero attached hydrogens (tertiary/aromatic N) is 1. The van der Waals surface area contributed by atoms with Gasteiger partial charge in [-0.1, -0.05) is 13.8 Å². The van der Waals surface area contributed by atoms with E-state index in [1.54, 1.807) is 48.8 Å². The number of pyridine rings is 1. The largest absolute Gasteiger partial charge is 0.457 e. The molecule has 0 spiro atoms. The van der Waals surface area contributed by atoms with Gasteiger partial charge in [-0.25, -0.2) is 0 Å². The Morgan fingerprint density at radius 2 is 1.71 bits per heavy atom. The maximum atomic E-state index is 12.7. The van der Waals surface area contributed by atoms with E-state index in [2.05, 4.69) is 10.3 Å². The number of ether oxygens (including phenoxy) is 2. The van der Waals surface area contributed by atoms with Gasteiger partial charge in [-0.05, 0) is 43.3 Å². The first kappa shape index (κ1) is 24.2. The monoisotopic (exact) mass is 427 g/mol. The molecule has 6 nitrogen and oxygen atoms in total. The molecule has 8 heteroatoms. The smallest absolute Gasteiger partial charge is 0.245 e. The molecular formula is C20H27Cl2N3O3. The van der Waals surface area contributed by atoms with E-state index in [-0.39, 0.29) is 36.8 Å². The summed E-state index contributed by atoms with van der Waals surface area (Å²) in [7, 11) is 0. The minimum atomic E-state index is -0.945. The molecule has 1 aromatic heterocycles. The topological polar surface area (TPSA) is 86.5 Å². The van der Waals surface area contributed by atoms with Crippen molar-refractivity contribution in [3.05, 3.63) is 48.8 Å². The lowest BCUT2D eigenvalue weighted by molar-refractivity contribution is -0.166. The highest BCUT2D eigenvalue weighted by Crippen LogP contribution is 2.50. The van der Waals surface area contributed by atoms with Gasteiger partial charge in [-0.3, -0.25) is 9.78 Å². The third kappa shape index (κ3) is 4.58. The third-order valence-electron chi connectivity index (χ3n) is 5.23. The summed E-state index contributed by atoms with van der Waals surface area (Å²) in [5.74, 6) is 1.19. The molecule has 1 fully saturated rings. The van der Waals surface area contributed by atoms with Crippen LogP contribution < -0.4 is 15.8 Å². The van der Waals surface area contributed by atoms with Crippen LogP contribution in [0.15, 0.2) is 48.8 Å². The van der Waals surface area contributed by atoms with Crippen LogP contribution in [0.3, 0.4) is 0 Å². The van der Waals surface area contributed by atoms with Crippen LogP contribution in [0.2, 0.25) is 0 Å². The third-order valence-corrected chi connectivity index (χ3v) is 5.23. The SMILES string of the molecule is CCOC1CC(N)(C(=O)Nc2ccc(Oc3ccncc3)cc2)C1(C)C.Cl.Cl. The molecule has 1 aliphatic rings. The molecule has 1 amide bonds. The van der Waals surface area contributed by atoms with Gasteiger partial charge in [0.1, 0.15) is 17.0 Å². The summed E-state index contributed by atoms with van der Waals surface area (Å²) in [6, 6.07) is 10.7. The van der Waals surface area contributed by atoms with E-state index in [0.29, 0.717) is 30.2 Å². The highest BCUT2D eigenvalue weighted by atomic mass is 35.5. The van der Waals surface area contributed by atoms with E-state index < -0.39 is 11.0 Å². The summed E-state index contributed by atoms with van der Waals surface area (Å²) in [5.41, 5.74) is 5.72. The fourth-order valence-corrected chi connectivity index (χ4v) is 3.21. The number of carbonyl (C=O) groups excluding carboxylic acids is 1.